The molecule has 1 aromatic heterocycles. The Hall–Kier alpha value is -3.85. The van der Waals surface area contributed by atoms with Crippen LogP contribution < -0.4 is 5.01 Å². The summed E-state index contributed by atoms with van der Waals surface area (Å²) in [5.41, 5.74) is 9.83. The molecule has 0 amide bonds. The average Bonchev–Trinajstić information content (AvgIpc) is 3.25. The molecule has 1 heterocycles. The SMILES string of the molecule is CCc1ccc(N(/N=C/c2ccc3c(c2)c2ccc(CC)cc2n3CC)c2cccc(CC)c2)cc1. The van der Waals surface area contributed by atoms with Crippen molar-refractivity contribution in [2.45, 2.75) is 53.5 Å². The number of aryl methyl sites for hydroxylation is 4. The number of anilines is 2. The molecule has 5 rings (SSSR count). The second-order valence-electron chi connectivity index (χ2n) is 9.33. The molecule has 5 aromatic rings. The van der Waals surface area contributed by atoms with Gasteiger partial charge in [0.15, 0.2) is 0 Å². The number of aromatic nitrogens is 1. The summed E-state index contributed by atoms with van der Waals surface area (Å²) in [6.07, 6.45) is 5.06. The van der Waals surface area contributed by atoms with Crippen LogP contribution in [0.3, 0.4) is 0 Å². The highest BCUT2D eigenvalue weighted by atomic mass is 15.5. The van der Waals surface area contributed by atoms with E-state index in [9.17, 15) is 0 Å². The zero-order valence-corrected chi connectivity index (χ0v) is 21.8. The van der Waals surface area contributed by atoms with Gasteiger partial charge in [0.2, 0.25) is 0 Å². The molecule has 3 nitrogen and oxygen atoms in total. The van der Waals surface area contributed by atoms with Gasteiger partial charge in [0.25, 0.3) is 0 Å². The van der Waals surface area contributed by atoms with Gasteiger partial charge in [0, 0.05) is 28.4 Å². The van der Waals surface area contributed by atoms with Gasteiger partial charge in [-0.15, -0.1) is 0 Å². The number of hydrogen-bond acceptors (Lipinski definition) is 2. The first-order chi connectivity index (χ1) is 17.6. The van der Waals surface area contributed by atoms with Gasteiger partial charge in [-0.1, -0.05) is 63.2 Å². The largest absolute Gasteiger partial charge is 0.341 e. The van der Waals surface area contributed by atoms with Crippen molar-refractivity contribution in [2.24, 2.45) is 5.10 Å². The van der Waals surface area contributed by atoms with Crippen molar-refractivity contribution in [1.82, 2.24) is 4.57 Å². The summed E-state index contributed by atoms with van der Waals surface area (Å²) in [6.45, 7) is 9.76. The molecule has 4 aromatic carbocycles. The van der Waals surface area contributed by atoms with E-state index in [2.05, 4.69) is 117 Å². The van der Waals surface area contributed by atoms with Gasteiger partial charge < -0.3 is 4.57 Å². The Balaban J connectivity index is 1.58. The van der Waals surface area contributed by atoms with Crippen molar-refractivity contribution < 1.29 is 0 Å². The quantitative estimate of drug-likeness (QED) is 0.163. The molecule has 0 radical (unpaired) electrons. The summed E-state index contributed by atoms with van der Waals surface area (Å²) >= 11 is 0. The summed E-state index contributed by atoms with van der Waals surface area (Å²) in [5.74, 6) is 0. The van der Waals surface area contributed by atoms with Gasteiger partial charge in [-0.2, -0.15) is 5.10 Å². The number of rotatable bonds is 8. The molecule has 0 atom stereocenters. The Labute approximate surface area is 214 Å². The van der Waals surface area contributed by atoms with Crippen molar-refractivity contribution in [1.29, 1.82) is 0 Å². The lowest BCUT2D eigenvalue weighted by Crippen LogP contribution is -2.10. The zero-order valence-electron chi connectivity index (χ0n) is 21.8. The molecule has 36 heavy (non-hydrogen) atoms. The molecule has 0 spiro atoms. The Bertz CT molecular complexity index is 1520. The van der Waals surface area contributed by atoms with Crippen LogP contribution in [0.2, 0.25) is 0 Å². The molecule has 0 saturated carbocycles. The molecule has 0 aliphatic rings. The third-order valence-corrected chi connectivity index (χ3v) is 7.15. The van der Waals surface area contributed by atoms with E-state index in [0.29, 0.717) is 0 Å². The Kier molecular flexibility index (Phi) is 6.90. The van der Waals surface area contributed by atoms with E-state index in [0.717, 1.165) is 42.7 Å². The van der Waals surface area contributed by atoms with E-state index in [1.54, 1.807) is 0 Å². The van der Waals surface area contributed by atoms with E-state index in [1.807, 2.05) is 11.2 Å². The van der Waals surface area contributed by atoms with Gasteiger partial charge in [0.1, 0.15) is 0 Å². The summed E-state index contributed by atoms with van der Waals surface area (Å²) < 4.78 is 2.42. The van der Waals surface area contributed by atoms with E-state index in [4.69, 9.17) is 5.10 Å². The van der Waals surface area contributed by atoms with Crippen LogP contribution in [0.1, 0.15) is 49.9 Å². The molecular formula is C33H35N3. The number of nitrogens with zero attached hydrogens (tertiary/aromatic N) is 3. The lowest BCUT2D eigenvalue weighted by atomic mass is 10.1. The molecule has 0 N–H and O–H groups in total. The monoisotopic (exact) mass is 473 g/mol. The summed E-state index contributed by atoms with van der Waals surface area (Å²) in [5, 5.41) is 9.65. The highest BCUT2D eigenvalue weighted by Gasteiger charge is 2.12. The van der Waals surface area contributed by atoms with Gasteiger partial charge in [-0.25, -0.2) is 5.01 Å². The molecule has 0 unspecified atom stereocenters. The Morgan fingerprint density at radius 2 is 1.36 bits per heavy atom. The number of hydrazone groups is 1. The van der Waals surface area contributed by atoms with Crippen LogP contribution in [0.25, 0.3) is 21.8 Å². The van der Waals surface area contributed by atoms with Crippen molar-refractivity contribution >= 4 is 39.4 Å². The molecule has 0 bridgehead atoms. The first-order valence-corrected chi connectivity index (χ1v) is 13.2. The van der Waals surface area contributed by atoms with Crippen LogP contribution in [0, 0.1) is 0 Å². The minimum atomic E-state index is 0.954. The highest BCUT2D eigenvalue weighted by Crippen LogP contribution is 2.31. The predicted octanol–water partition coefficient (Wildman–Crippen LogP) is 8.67. The van der Waals surface area contributed by atoms with Crippen LogP contribution in [-0.4, -0.2) is 10.8 Å². The fourth-order valence-corrected chi connectivity index (χ4v) is 4.99. The minimum absolute atomic E-state index is 0.954. The Morgan fingerprint density at radius 3 is 2.08 bits per heavy atom. The average molecular weight is 474 g/mol. The van der Waals surface area contributed by atoms with Crippen LogP contribution in [-0.2, 0) is 25.8 Å². The van der Waals surface area contributed by atoms with Gasteiger partial charge >= 0.3 is 0 Å². The van der Waals surface area contributed by atoms with Crippen molar-refractivity contribution in [3.8, 4) is 0 Å². The second-order valence-corrected chi connectivity index (χ2v) is 9.33. The van der Waals surface area contributed by atoms with Crippen molar-refractivity contribution in [3.05, 3.63) is 107 Å². The summed E-state index contributed by atoms with van der Waals surface area (Å²) in [7, 11) is 0. The summed E-state index contributed by atoms with van der Waals surface area (Å²) in [6, 6.07) is 30.9. The lowest BCUT2D eigenvalue weighted by molar-refractivity contribution is 0.826. The van der Waals surface area contributed by atoms with E-state index in [1.165, 1.54) is 38.5 Å². The van der Waals surface area contributed by atoms with Crippen LogP contribution >= 0.6 is 0 Å². The molecule has 3 heteroatoms. The van der Waals surface area contributed by atoms with E-state index >= 15 is 0 Å². The number of hydrogen-bond donors (Lipinski definition) is 0. The molecular weight excluding hydrogens is 438 g/mol. The maximum Gasteiger partial charge on any atom is 0.0655 e. The normalized spacial score (nSPS) is 11.7. The fourth-order valence-electron chi connectivity index (χ4n) is 4.99. The fraction of sp³-hybridized carbons (Fsp3) is 0.242. The highest BCUT2D eigenvalue weighted by molar-refractivity contribution is 6.09. The van der Waals surface area contributed by atoms with Crippen LogP contribution in [0.15, 0.2) is 90.0 Å². The molecule has 0 aliphatic heterocycles. The third-order valence-electron chi connectivity index (χ3n) is 7.15. The smallest absolute Gasteiger partial charge is 0.0655 e. The maximum absolute atomic E-state index is 5.01. The third kappa shape index (κ3) is 4.54. The maximum atomic E-state index is 5.01. The lowest BCUT2D eigenvalue weighted by Gasteiger charge is -2.20. The van der Waals surface area contributed by atoms with Crippen LogP contribution in [0.5, 0.6) is 0 Å². The zero-order chi connectivity index (χ0) is 25.1. The molecule has 0 aliphatic carbocycles. The minimum Gasteiger partial charge on any atom is -0.341 e. The van der Waals surface area contributed by atoms with Gasteiger partial charge in [-0.3, -0.25) is 0 Å². The standard InChI is InChI=1S/C33H35N3/c1-5-24-12-16-28(17-13-24)36(29-11-9-10-25(6-2)20-29)34-23-27-15-19-32-31(21-27)30-18-14-26(7-3)22-33(30)35(32)8-4/h9-23H,5-8H2,1-4H3/b34-23+. The van der Waals surface area contributed by atoms with Crippen molar-refractivity contribution in [3.63, 3.8) is 0 Å². The first-order valence-electron chi connectivity index (χ1n) is 13.2. The number of benzene rings is 4. The predicted molar refractivity (Wildman–Crippen MR) is 156 cm³/mol. The summed E-state index contributed by atoms with van der Waals surface area (Å²) in [4.78, 5) is 0. The van der Waals surface area contributed by atoms with Crippen molar-refractivity contribution in [2.75, 3.05) is 5.01 Å². The van der Waals surface area contributed by atoms with Crippen LogP contribution in [0.4, 0.5) is 11.4 Å². The topological polar surface area (TPSA) is 20.5 Å². The van der Waals surface area contributed by atoms with Gasteiger partial charge in [0.05, 0.1) is 17.6 Å². The second kappa shape index (κ2) is 10.4. The number of fused-ring (bicyclic) bond motifs is 3. The van der Waals surface area contributed by atoms with E-state index < -0.39 is 0 Å². The Morgan fingerprint density at radius 1 is 0.639 bits per heavy atom. The first kappa shape index (κ1) is 23.9. The molecule has 0 saturated heterocycles. The molecule has 0 fully saturated rings. The van der Waals surface area contributed by atoms with E-state index in [-0.39, 0.29) is 0 Å². The van der Waals surface area contributed by atoms with Gasteiger partial charge in [-0.05, 0) is 90.9 Å². The molecule has 182 valence electrons.